The molecule has 1 fully saturated rings. The number of aromatic carboxylic acids is 1. The highest BCUT2D eigenvalue weighted by Crippen LogP contribution is 2.36. The summed E-state index contributed by atoms with van der Waals surface area (Å²) in [5.41, 5.74) is 1.76. The number of carbonyl (C=O) groups excluding carboxylic acids is 2. The fourth-order valence-corrected chi connectivity index (χ4v) is 4.05. The number of nitrogens with zero attached hydrogens (tertiary/aromatic N) is 1. The molecule has 34 heavy (non-hydrogen) atoms. The van der Waals surface area contributed by atoms with Gasteiger partial charge < -0.3 is 15.2 Å². The van der Waals surface area contributed by atoms with Crippen LogP contribution in [0.25, 0.3) is 6.08 Å². The van der Waals surface area contributed by atoms with Gasteiger partial charge in [0.15, 0.2) is 5.75 Å². The third kappa shape index (κ3) is 5.02. The number of rotatable bonds is 6. The van der Waals surface area contributed by atoms with Crippen molar-refractivity contribution in [3.05, 3.63) is 98.1 Å². The normalized spacial score (nSPS) is 14.4. The summed E-state index contributed by atoms with van der Waals surface area (Å²) < 4.78 is 5.71. The van der Waals surface area contributed by atoms with Crippen LogP contribution in [0.4, 0.5) is 10.5 Å². The number of carboxylic acids is 1. The Kier molecular flexibility index (Phi) is 6.79. The first kappa shape index (κ1) is 23.6. The average Bonchev–Trinajstić information content (AvgIpc) is 3.06. The molecule has 0 radical (unpaired) electrons. The van der Waals surface area contributed by atoms with Crippen LogP contribution < -0.4 is 15.0 Å². The Morgan fingerprint density at radius 3 is 2.29 bits per heavy atom. The van der Waals surface area contributed by atoms with Crippen LogP contribution in [0.2, 0.25) is 15.1 Å². The van der Waals surface area contributed by atoms with E-state index in [1.54, 1.807) is 42.5 Å². The van der Waals surface area contributed by atoms with Crippen molar-refractivity contribution in [2.45, 2.75) is 6.61 Å². The largest absolute Gasteiger partial charge is 0.486 e. The van der Waals surface area contributed by atoms with Crippen LogP contribution >= 0.6 is 34.8 Å². The minimum absolute atomic E-state index is 0.0456. The smallest absolute Gasteiger partial charge is 0.335 e. The van der Waals surface area contributed by atoms with E-state index in [1.807, 2.05) is 0 Å². The monoisotopic (exact) mass is 516 g/mol. The molecule has 0 aromatic heterocycles. The molecule has 172 valence electrons. The fourth-order valence-electron chi connectivity index (χ4n) is 3.25. The molecule has 0 unspecified atom stereocenters. The summed E-state index contributed by atoms with van der Waals surface area (Å²) in [7, 11) is 0. The Balaban J connectivity index is 1.52. The first-order valence-corrected chi connectivity index (χ1v) is 10.9. The topological polar surface area (TPSA) is 95.9 Å². The number of urea groups is 1. The summed E-state index contributed by atoms with van der Waals surface area (Å²) in [5, 5.41) is 12.3. The molecule has 0 saturated carbocycles. The summed E-state index contributed by atoms with van der Waals surface area (Å²) in [6.07, 6.45) is 1.46. The molecule has 0 spiro atoms. The number of hydrogen-bond donors (Lipinski definition) is 2. The van der Waals surface area contributed by atoms with Crippen molar-refractivity contribution in [2.24, 2.45) is 0 Å². The molecule has 3 aromatic carbocycles. The zero-order valence-corrected chi connectivity index (χ0v) is 19.5. The first-order chi connectivity index (χ1) is 16.2. The quantitative estimate of drug-likeness (QED) is 0.308. The van der Waals surface area contributed by atoms with E-state index in [4.69, 9.17) is 44.6 Å². The maximum Gasteiger partial charge on any atom is 0.335 e. The van der Waals surface area contributed by atoms with Gasteiger partial charge in [0, 0.05) is 5.02 Å². The van der Waals surface area contributed by atoms with E-state index in [1.165, 1.54) is 24.3 Å². The number of carboxylic acid groups (broad SMARTS) is 1. The predicted octanol–water partition coefficient (Wildman–Crippen LogP) is 6.02. The lowest BCUT2D eigenvalue weighted by molar-refractivity contribution is -0.113. The molecule has 0 atom stereocenters. The van der Waals surface area contributed by atoms with Crippen molar-refractivity contribution in [1.29, 1.82) is 0 Å². The number of hydrogen-bond acceptors (Lipinski definition) is 4. The maximum absolute atomic E-state index is 12.8. The summed E-state index contributed by atoms with van der Waals surface area (Å²) in [4.78, 5) is 37.1. The van der Waals surface area contributed by atoms with Crippen molar-refractivity contribution in [1.82, 2.24) is 5.32 Å². The van der Waals surface area contributed by atoms with E-state index in [2.05, 4.69) is 5.32 Å². The van der Waals surface area contributed by atoms with Gasteiger partial charge in [-0.3, -0.25) is 4.79 Å². The van der Waals surface area contributed by atoms with Gasteiger partial charge in [-0.1, -0.05) is 53.0 Å². The van der Waals surface area contributed by atoms with E-state index in [9.17, 15) is 14.4 Å². The molecule has 3 aromatic rings. The highest BCUT2D eigenvalue weighted by molar-refractivity contribution is 6.37. The summed E-state index contributed by atoms with van der Waals surface area (Å²) in [6, 6.07) is 15.1. The third-order valence-corrected chi connectivity index (χ3v) is 5.66. The summed E-state index contributed by atoms with van der Waals surface area (Å²) in [5.74, 6) is -1.34. The van der Waals surface area contributed by atoms with E-state index in [0.717, 1.165) is 10.5 Å². The molecule has 10 heteroatoms. The Morgan fingerprint density at radius 2 is 1.68 bits per heavy atom. The average molecular weight is 518 g/mol. The number of anilines is 1. The molecule has 3 amide bonds. The second kappa shape index (κ2) is 9.77. The standard InChI is InChI=1S/C24H15Cl3N2O5/c25-16-2-1-3-17(11-16)29-22(30)20(28-24(29)33)10-14-8-18(26)21(19(27)9-14)34-12-13-4-6-15(7-5-13)23(31)32/h1-11H,12H2,(H,28,33)(H,31,32)/b20-10-. The van der Waals surface area contributed by atoms with E-state index >= 15 is 0 Å². The van der Waals surface area contributed by atoms with E-state index in [-0.39, 0.29) is 33.7 Å². The number of imide groups is 1. The number of halogens is 3. The van der Waals surface area contributed by atoms with Crippen LogP contribution in [0.15, 0.2) is 66.4 Å². The molecule has 2 N–H and O–H groups in total. The van der Waals surface area contributed by atoms with Crippen LogP contribution in [0.3, 0.4) is 0 Å². The van der Waals surface area contributed by atoms with Gasteiger partial charge in [-0.15, -0.1) is 0 Å². The lowest BCUT2D eigenvalue weighted by atomic mass is 10.1. The third-order valence-electron chi connectivity index (χ3n) is 4.86. The minimum atomic E-state index is -1.02. The van der Waals surface area contributed by atoms with Gasteiger partial charge in [0.05, 0.1) is 21.3 Å². The van der Waals surface area contributed by atoms with Crippen molar-refractivity contribution in [3.8, 4) is 5.75 Å². The summed E-state index contributed by atoms with van der Waals surface area (Å²) in [6.45, 7) is 0.114. The van der Waals surface area contributed by atoms with Gasteiger partial charge in [-0.25, -0.2) is 14.5 Å². The van der Waals surface area contributed by atoms with Gasteiger partial charge in [0.25, 0.3) is 5.91 Å². The van der Waals surface area contributed by atoms with E-state index in [0.29, 0.717) is 16.3 Å². The molecular weight excluding hydrogens is 503 g/mol. The number of nitrogens with one attached hydrogen (secondary N) is 1. The molecule has 1 heterocycles. The highest BCUT2D eigenvalue weighted by atomic mass is 35.5. The Bertz CT molecular complexity index is 1320. The van der Waals surface area contributed by atoms with Gasteiger partial charge in [-0.2, -0.15) is 0 Å². The molecule has 7 nitrogen and oxygen atoms in total. The van der Waals surface area contributed by atoms with Crippen LogP contribution in [0.5, 0.6) is 5.75 Å². The second-order valence-electron chi connectivity index (χ2n) is 7.21. The van der Waals surface area contributed by atoms with E-state index < -0.39 is 17.9 Å². The molecule has 4 rings (SSSR count). The van der Waals surface area contributed by atoms with Crippen LogP contribution in [0.1, 0.15) is 21.5 Å². The van der Waals surface area contributed by atoms with Crippen LogP contribution in [-0.2, 0) is 11.4 Å². The molecule has 0 aliphatic carbocycles. The van der Waals surface area contributed by atoms with Crippen molar-refractivity contribution < 1.29 is 24.2 Å². The number of carbonyl (C=O) groups is 3. The Morgan fingerprint density at radius 1 is 1.00 bits per heavy atom. The van der Waals surface area contributed by atoms with Crippen molar-refractivity contribution in [2.75, 3.05) is 4.90 Å². The molecular formula is C24H15Cl3N2O5. The molecule has 1 saturated heterocycles. The van der Waals surface area contributed by atoms with Gasteiger partial charge in [0.2, 0.25) is 0 Å². The lowest BCUT2D eigenvalue weighted by Crippen LogP contribution is -2.30. The SMILES string of the molecule is O=C(O)c1ccc(COc2c(Cl)cc(/C=C3\NC(=O)N(c4cccc(Cl)c4)C3=O)cc2Cl)cc1. The van der Waals surface area contributed by atoms with Crippen LogP contribution in [0, 0.1) is 0 Å². The molecule has 1 aliphatic rings. The lowest BCUT2D eigenvalue weighted by Gasteiger charge is -2.12. The Hall–Kier alpha value is -3.52. The fraction of sp³-hybridized carbons (Fsp3) is 0.0417. The number of ether oxygens (including phenoxy) is 1. The zero-order chi connectivity index (χ0) is 24.4. The van der Waals surface area contributed by atoms with Crippen LogP contribution in [-0.4, -0.2) is 23.0 Å². The highest BCUT2D eigenvalue weighted by Gasteiger charge is 2.35. The van der Waals surface area contributed by atoms with Crippen molar-refractivity contribution in [3.63, 3.8) is 0 Å². The first-order valence-electron chi connectivity index (χ1n) is 9.79. The number of amides is 3. The minimum Gasteiger partial charge on any atom is -0.486 e. The Labute approximate surface area is 209 Å². The second-order valence-corrected chi connectivity index (χ2v) is 8.46. The maximum atomic E-state index is 12.8. The van der Waals surface area contributed by atoms with Gasteiger partial charge in [-0.05, 0) is 59.7 Å². The molecule has 1 aliphatic heterocycles. The number of benzene rings is 3. The zero-order valence-electron chi connectivity index (χ0n) is 17.2. The van der Waals surface area contributed by atoms with Gasteiger partial charge in [0.1, 0.15) is 12.3 Å². The van der Waals surface area contributed by atoms with Gasteiger partial charge >= 0.3 is 12.0 Å². The predicted molar refractivity (Wildman–Crippen MR) is 130 cm³/mol. The summed E-state index contributed by atoms with van der Waals surface area (Å²) >= 11 is 18.7. The van der Waals surface area contributed by atoms with Crippen molar-refractivity contribution >= 4 is 64.5 Å². The molecule has 0 bridgehead atoms.